The third-order valence-corrected chi connectivity index (χ3v) is 5.16. The van der Waals surface area contributed by atoms with E-state index in [2.05, 4.69) is 20.7 Å². The average Bonchev–Trinajstić information content (AvgIpc) is 2.36. The summed E-state index contributed by atoms with van der Waals surface area (Å²) < 4.78 is 28.0. The van der Waals surface area contributed by atoms with E-state index in [1.54, 1.807) is 43.3 Å². The van der Waals surface area contributed by atoms with Gasteiger partial charge < -0.3 is 5.73 Å². The minimum atomic E-state index is -3.63. The first-order valence-corrected chi connectivity index (χ1v) is 8.23. The molecule has 0 heterocycles. The van der Waals surface area contributed by atoms with Crippen molar-refractivity contribution in [2.75, 3.05) is 10.5 Å². The lowest BCUT2D eigenvalue weighted by Crippen LogP contribution is -2.14. The minimum Gasteiger partial charge on any atom is -0.398 e. The number of nitrogens with one attached hydrogen (secondary N) is 1. The lowest BCUT2D eigenvalue weighted by molar-refractivity contribution is 0.600. The van der Waals surface area contributed by atoms with Crippen molar-refractivity contribution in [1.82, 2.24) is 0 Å². The Morgan fingerprint density at radius 1 is 1.10 bits per heavy atom. The van der Waals surface area contributed by atoms with Crippen molar-refractivity contribution in [2.24, 2.45) is 0 Å². The molecule has 2 aromatic carbocycles. The number of hydrogen-bond donors (Lipinski definition) is 2. The maximum atomic E-state index is 12.4. The molecule has 0 unspecified atom stereocenters. The fourth-order valence-electron chi connectivity index (χ4n) is 1.83. The number of nitrogen functional groups attached to an aromatic ring is 1. The molecule has 6 heteroatoms. The molecule has 20 heavy (non-hydrogen) atoms. The topological polar surface area (TPSA) is 72.2 Å². The third kappa shape index (κ3) is 2.96. The van der Waals surface area contributed by atoms with Crippen LogP contribution in [0, 0.1) is 13.8 Å². The first kappa shape index (κ1) is 14.9. The van der Waals surface area contributed by atoms with Gasteiger partial charge in [-0.15, -0.1) is 0 Å². The first-order valence-electron chi connectivity index (χ1n) is 5.95. The van der Waals surface area contributed by atoms with Crippen LogP contribution < -0.4 is 10.5 Å². The summed E-state index contributed by atoms with van der Waals surface area (Å²) in [5, 5.41) is 0. The van der Waals surface area contributed by atoms with Crippen LogP contribution in [-0.4, -0.2) is 8.42 Å². The summed E-state index contributed by atoms with van der Waals surface area (Å²) in [6.45, 7) is 3.62. The van der Waals surface area contributed by atoms with E-state index in [4.69, 9.17) is 5.73 Å². The van der Waals surface area contributed by atoms with E-state index in [1.807, 2.05) is 6.92 Å². The largest absolute Gasteiger partial charge is 0.398 e. The molecule has 0 fully saturated rings. The second-order valence-corrected chi connectivity index (χ2v) is 7.06. The van der Waals surface area contributed by atoms with Gasteiger partial charge in [0.1, 0.15) is 0 Å². The highest BCUT2D eigenvalue weighted by atomic mass is 79.9. The van der Waals surface area contributed by atoms with Gasteiger partial charge in [-0.05, 0) is 59.1 Å². The Balaban J connectivity index is 2.44. The number of benzene rings is 2. The van der Waals surface area contributed by atoms with E-state index in [0.717, 1.165) is 5.56 Å². The van der Waals surface area contributed by atoms with Gasteiger partial charge in [-0.3, -0.25) is 4.72 Å². The fourth-order valence-corrected chi connectivity index (χ4v) is 3.83. The zero-order chi connectivity index (χ0) is 14.9. The summed E-state index contributed by atoms with van der Waals surface area (Å²) >= 11 is 3.34. The SMILES string of the molecule is Cc1cc(Br)c(NS(=O)(=O)c2ccccc2C)cc1N. The maximum absolute atomic E-state index is 12.4. The van der Waals surface area contributed by atoms with Crippen molar-refractivity contribution in [3.05, 3.63) is 52.0 Å². The van der Waals surface area contributed by atoms with Crippen LogP contribution in [0.4, 0.5) is 11.4 Å². The molecular weight excluding hydrogens is 340 g/mol. The highest BCUT2D eigenvalue weighted by molar-refractivity contribution is 9.10. The Morgan fingerprint density at radius 2 is 1.75 bits per heavy atom. The molecule has 0 aliphatic rings. The van der Waals surface area contributed by atoms with Gasteiger partial charge in [-0.2, -0.15) is 0 Å². The molecule has 2 aromatic rings. The van der Waals surface area contributed by atoms with Crippen LogP contribution in [0.5, 0.6) is 0 Å². The van der Waals surface area contributed by atoms with Crippen molar-refractivity contribution in [1.29, 1.82) is 0 Å². The van der Waals surface area contributed by atoms with Crippen molar-refractivity contribution < 1.29 is 8.42 Å². The number of rotatable bonds is 3. The van der Waals surface area contributed by atoms with Gasteiger partial charge in [0, 0.05) is 10.2 Å². The van der Waals surface area contributed by atoms with Gasteiger partial charge >= 0.3 is 0 Å². The molecule has 0 saturated carbocycles. The van der Waals surface area contributed by atoms with E-state index in [-0.39, 0.29) is 4.90 Å². The van der Waals surface area contributed by atoms with E-state index < -0.39 is 10.0 Å². The molecule has 0 bridgehead atoms. The van der Waals surface area contributed by atoms with Gasteiger partial charge in [0.05, 0.1) is 10.6 Å². The summed E-state index contributed by atoms with van der Waals surface area (Å²) in [6, 6.07) is 10.2. The number of sulfonamides is 1. The molecular formula is C14H15BrN2O2S. The van der Waals surface area contributed by atoms with Gasteiger partial charge in [-0.25, -0.2) is 8.42 Å². The van der Waals surface area contributed by atoms with Crippen molar-refractivity contribution in [3.63, 3.8) is 0 Å². The number of nitrogens with two attached hydrogens (primary N) is 1. The molecule has 0 aromatic heterocycles. The van der Waals surface area contributed by atoms with E-state index in [1.165, 1.54) is 0 Å². The lowest BCUT2D eigenvalue weighted by atomic mass is 10.2. The van der Waals surface area contributed by atoms with Crippen LogP contribution >= 0.6 is 15.9 Å². The van der Waals surface area contributed by atoms with E-state index in [9.17, 15) is 8.42 Å². The Kier molecular flexibility index (Phi) is 4.06. The maximum Gasteiger partial charge on any atom is 0.262 e. The summed E-state index contributed by atoms with van der Waals surface area (Å²) in [5.41, 5.74) is 8.36. The standard InChI is InChI=1S/C14H15BrN2O2S/c1-9-5-3-4-6-14(9)20(18,19)17-13-8-12(16)10(2)7-11(13)15/h3-8,17H,16H2,1-2H3. The van der Waals surface area contributed by atoms with Crippen LogP contribution in [0.15, 0.2) is 45.8 Å². The van der Waals surface area contributed by atoms with Gasteiger partial charge in [-0.1, -0.05) is 18.2 Å². The molecule has 106 valence electrons. The number of halogens is 1. The minimum absolute atomic E-state index is 0.256. The average molecular weight is 355 g/mol. The zero-order valence-corrected chi connectivity index (χ0v) is 13.5. The highest BCUT2D eigenvalue weighted by Gasteiger charge is 2.18. The molecule has 0 atom stereocenters. The summed E-state index contributed by atoms with van der Waals surface area (Å²) in [6.07, 6.45) is 0. The molecule has 0 aliphatic heterocycles. The van der Waals surface area contributed by atoms with Gasteiger partial charge in [0.15, 0.2) is 0 Å². The molecule has 0 radical (unpaired) electrons. The Bertz CT molecular complexity index is 758. The van der Waals surface area contributed by atoms with Crippen LogP contribution in [0.25, 0.3) is 0 Å². The summed E-state index contributed by atoms with van der Waals surface area (Å²) in [4.78, 5) is 0.256. The molecule has 3 N–H and O–H groups in total. The van der Waals surface area contributed by atoms with Crippen LogP contribution in [0.2, 0.25) is 0 Å². The van der Waals surface area contributed by atoms with Gasteiger partial charge in [0.25, 0.3) is 10.0 Å². The van der Waals surface area contributed by atoms with Crippen LogP contribution in [0.3, 0.4) is 0 Å². The molecule has 0 aliphatic carbocycles. The lowest BCUT2D eigenvalue weighted by Gasteiger charge is -2.13. The molecule has 0 spiro atoms. The predicted octanol–water partition coefficient (Wildman–Crippen LogP) is 3.45. The van der Waals surface area contributed by atoms with Crippen molar-refractivity contribution >= 4 is 37.3 Å². The van der Waals surface area contributed by atoms with Crippen molar-refractivity contribution in [3.8, 4) is 0 Å². The number of hydrogen-bond acceptors (Lipinski definition) is 3. The zero-order valence-electron chi connectivity index (χ0n) is 11.1. The van der Waals surface area contributed by atoms with E-state index in [0.29, 0.717) is 21.4 Å². The van der Waals surface area contributed by atoms with Crippen molar-refractivity contribution in [2.45, 2.75) is 18.7 Å². The summed E-state index contributed by atoms with van der Waals surface area (Å²) in [7, 11) is -3.63. The fraction of sp³-hybridized carbons (Fsp3) is 0.143. The number of aryl methyl sites for hydroxylation is 2. The van der Waals surface area contributed by atoms with E-state index >= 15 is 0 Å². The monoisotopic (exact) mass is 354 g/mol. The second kappa shape index (κ2) is 5.46. The molecule has 0 saturated heterocycles. The molecule has 2 rings (SSSR count). The number of anilines is 2. The Hall–Kier alpha value is -1.53. The second-order valence-electron chi connectivity index (χ2n) is 4.56. The normalized spacial score (nSPS) is 11.3. The molecule has 0 amide bonds. The third-order valence-electron chi connectivity index (χ3n) is 2.98. The van der Waals surface area contributed by atoms with Crippen LogP contribution in [-0.2, 0) is 10.0 Å². The smallest absolute Gasteiger partial charge is 0.262 e. The molecule has 4 nitrogen and oxygen atoms in total. The van der Waals surface area contributed by atoms with Gasteiger partial charge in [0.2, 0.25) is 0 Å². The highest BCUT2D eigenvalue weighted by Crippen LogP contribution is 2.30. The Morgan fingerprint density at radius 3 is 2.40 bits per heavy atom. The quantitative estimate of drug-likeness (QED) is 0.829. The van der Waals surface area contributed by atoms with Crippen LogP contribution in [0.1, 0.15) is 11.1 Å². The summed E-state index contributed by atoms with van der Waals surface area (Å²) in [5.74, 6) is 0. The first-order chi connectivity index (χ1) is 9.31. The predicted molar refractivity (Wildman–Crippen MR) is 85.3 cm³/mol. The Labute approximate surface area is 127 Å².